The second-order valence-electron chi connectivity index (χ2n) is 13.2. The molecule has 46 heavy (non-hydrogen) atoms. The lowest BCUT2D eigenvalue weighted by atomic mass is 9.75. The first-order valence-corrected chi connectivity index (χ1v) is 15.9. The van der Waals surface area contributed by atoms with Gasteiger partial charge >= 0.3 is 5.97 Å². The van der Waals surface area contributed by atoms with Gasteiger partial charge in [-0.05, 0) is 70.1 Å². The van der Waals surface area contributed by atoms with Gasteiger partial charge in [-0.3, -0.25) is 14.6 Å². The highest BCUT2D eigenvalue weighted by molar-refractivity contribution is 6.34. The summed E-state index contributed by atoms with van der Waals surface area (Å²) in [4.78, 5) is 36.9. The van der Waals surface area contributed by atoms with E-state index in [-0.39, 0.29) is 23.6 Å². The van der Waals surface area contributed by atoms with Crippen LogP contribution in [0.4, 0.5) is 5.82 Å². The number of nitrogens with zero attached hydrogens (tertiary/aromatic N) is 6. The van der Waals surface area contributed by atoms with Crippen molar-refractivity contribution >= 4 is 34.7 Å². The molecule has 1 fully saturated rings. The maximum absolute atomic E-state index is 13.2. The number of hydrogen-bond acceptors (Lipinski definition) is 9. The molecule has 3 aromatic heterocycles. The molecule has 0 saturated carbocycles. The van der Waals surface area contributed by atoms with Crippen LogP contribution in [0.15, 0.2) is 49.1 Å². The summed E-state index contributed by atoms with van der Waals surface area (Å²) in [7, 11) is 0. The van der Waals surface area contributed by atoms with Crippen molar-refractivity contribution in [1.29, 1.82) is 5.26 Å². The van der Waals surface area contributed by atoms with Crippen molar-refractivity contribution in [2.24, 2.45) is 5.41 Å². The normalized spacial score (nSPS) is 14.6. The smallest absolute Gasteiger partial charge is 0.306 e. The molecule has 0 spiro atoms. The Morgan fingerprint density at radius 1 is 1.13 bits per heavy atom. The average Bonchev–Trinajstić information content (AvgIpc) is 3.41. The third-order valence-corrected chi connectivity index (χ3v) is 8.53. The maximum atomic E-state index is 13.2. The zero-order chi connectivity index (χ0) is 33.1. The number of ketones is 1. The summed E-state index contributed by atoms with van der Waals surface area (Å²) >= 11 is 6.37. The molecule has 1 aliphatic heterocycles. The lowest BCUT2D eigenvalue weighted by Crippen LogP contribution is -2.40. The van der Waals surface area contributed by atoms with E-state index in [0.717, 1.165) is 37.3 Å². The predicted octanol–water partition coefficient (Wildman–Crippen LogP) is 7.01. The number of esters is 1. The Morgan fingerprint density at radius 3 is 2.54 bits per heavy atom. The van der Waals surface area contributed by atoms with Crippen LogP contribution in [0.25, 0.3) is 16.8 Å². The lowest BCUT2D eigenvalue weighted by Gasteiger charge is -2.39. The van der Waals surface area contributed by atoms with E-state index in [1.165, 1.54) is 6.20 Å². The topological polar surface area (TPSA) is 123 Å². The first kappa shape index (κ1) is 32.9. The van der Waals surface area contributed by atoms with Crippen molar-refractivity contribution < 1.29 is 19.1 Å². The Kier molecular flexibility index (Phi) is 9.63. The number of Topliss-reactive ketones (excluding diaryl/α,β-unsaturated/α-hetero) is 1. The number of rotatable bonds is 10. The summed E-state index contributed by atoms with van der Waals surface area (Å²) < 4.78 is 12.9. The largest absolute Gasteiger partial charge is 0.492 e. The number of halogens is 1. The van der Waals surface area contributed by atoms with Gasteiger partial charge in [0.25, 0.3) is 0 Å². The fourth-order valence-corrected chi connectivity index (χ4v) is 6.12. The average molecular weight is 643 g/mol. The van der Waals surface area contributed by atoms with Gasteiger partial charge in [-0.25, -0.2) is 9.50 Å². The van der Waals surface area contributed by atoms with Gasteiger partial charge < -0.3 is 14.4 Å². The minimum atomic E-state index is -0.529. The van der Waals surface area contributed by atoms with Crippen molar-refractivity contribution in [3.05, 3.63) is 70.8 Å². The number of benzene rings is 1. The number of aromatic nitrogens is 4. The van der Waals surface area contributed by atoms with Crippen molar-refractivity contribution in [3.63, 3.8) is 0 Å². The zero-order valence-corrected chi connectivity index (χ0v) is 27.7. The van der Waals surface area contributed by atoms with Crippen LogP contribution in [0.2, 0.25) is 5.02 Å². The molecule has 0 bridgehead atoms. The quantitative estimate of drug-likeness (QED) is 0.102. The highest BCUT2D eigenvalue weighted by atomic mass is 35.5. The summed E-state index contributed by atoms with van der Waals surface area (Å²) in [6.07, 6.45) is 9.49. The summed E-state index contributed by atoms with van der Waals surface area (Å²) in [6.45, 7) is 11.4. The highest BCUT2D eigenvalue weighted by Gasteiger charge is 2.34. The van der Waals surface area contributed by atoms with Crippen LogP contribution in [0.3, 0.4) is 0 Å². The molecule has 4 aromatic rings. The minimum Gasteiger partial charge on any atom is -0.492 e. The number of carbonyl (C=O) groups is 2. The van der Waals surface area contributed by atoms with Gasteiger partial charge in [-0.1, -0.05) is 30.7 Å². The molecular formula is C35H39ClN6O4. The van der Waals surface area contributed by atoms with Crippen molar-refractivity contribution in [1.82, 2.24) is 19.6 Å². The predicted molar refractivity (Wildman–Crippen MR) is 176 cm³/mol. The van der Waals surface area contributed by atoms with E-state index in [4.69, 9.17) is 31.0 Å². The van der Waals surface area contributed by atoms with Crippen molar-refractivity contribution in [3.8, 4) is 23.1 Å². The number of fused-ring (bicyclic) bond motifs is 1. The summed E-state index contributed by atoms with van der Waals surface area (Å²) in [5, 5.41) is 14.6. The number of carbonyl (C=O) groups excluding carboxylic acids is 2. The van der Waals surface area contributed by atoms with Crippen molar-refractivity contribution in [2.75, 3.05) is 24.6 Å². The molecule has 5 rings (SSSR count). The number of hydrogen-bond donors (Lipinski definition) is 0. The molecule has 0 atom stereocenters. The van der Waals surface area contributed by atoms with Gasteiger partial charge in [-0.2, -0.15) is 10.4 Å². The van der Waals surface area contributed by atoms with Gasteiger partial charge in [0.2, 0.25) is 0 Å². The molecule has 1 aromatic carbocycles. The molecule has 10 nitrogen and oxygen atoms in total. The number of ether oxygens (including phenoxy) is 2. The van der Waals surface area contributed by atoms with Crippen LogP contribution in [0, 0.1) is 23.7 Å². The second kappa shape index (κ2) is 13.5. The second-order valence-corrected chi connectivity index (χ2v) is 13.6. The Balaban J connectivity index is 1.26. The molecule has 0 aliphatic carbocycles. The summed E-state index contributed by atoms with van der Waals surface area (Å²) in [5.41, 5.74) is 3.12. The molecule has 0 unspecified atom stereocenters. The van der Waals surface area contributed by atoms with Gasteiger partial charge in [0.1, 0.15) is 23.2 Å². The fourth-order valence-electron chi connectivity index (χ4n) is 5.79. The molecule has 1 aliphatic rings. The number of aryl methyl sites for hydroxylation is 1. The number of nitriles is 1. The Bertz CT molecular complexity index is 1760. The van der Waals surface area contributed by atoms with Crippen LogP contribution in [0.5, 0.6) is 5.75 Å². The van der Waals surface area contributed by atoms with Gasteiger partial charge in [0, 0.05) is 37.1 Å². The first-order valence-electron chi connectivity index (χ1n) is 15.5. The fraction of sp³-hybridized carbons (Fsp3) is 0.429. The van der Waals surface area contributed by atoms with Crippen LogP contribution in [-0.4, -0.2) is 56.6 Å². The van der Waals surface area contributed by atoms with E-state index in [0.29, 0.717) is 58.1 Å². The highest BCUT2D eigenvalue weighted by Crippen LogP contribution is 2.38. The van der Waals surface area contributed by atoms with E-state index in [9.17, 15) is 14.9 Å². The van der Waals surface area contributed by atoms with Crippen LogP contribution < -0.4 is 9.64 Å². The Labute approximate surface area is 274 Å². The standard InChI is InChI=1S/C35H39ClN6O4/c1-23-8-6-9-27(36)32(23)29(43)17-35(5)11-13-41(14-12-35)30-21-38-28(20-39-30)26-16-25(22-42-33(26)24(18-37)19-40-42)45-15-7-10-31(44)46-34(2,3)4/h6,8-9,16,19-22H,7,10-15,17H2,1-5H3. The summed E-state index contributed by atoms with van der Waals surface area (Å²) in [6, 6.07) is 9.57. The molecular weight excluding hydrogens is 604 g/mol. The van der Waals surface area contributed by atoms with Gasteiger partial charge in [0.05, 0.1) is 53.2 Å². The van der Waals surface area contributed by atoms with E-state index in [1.807, 2.05) is 45.9 Å². The number of piperidine rings is 1. The van der Waals surface area contributed by atoms with Gasteiger partial charge in [-0.15, -0.1) is 0 Å². The molecule has 0 amide bonds. The molecule has 0 radical (unpaired) electrons. The third kappa shape index (κ3) is 7.65. The van der Waals surface area contributed by atoms with E-state index in [1.54, 1.807) is 29.2 Å². The zero-order valence-electron chi connectivity index (χ0n) is 27.0. The number of anilines is 1. The summed E-state index contributed by atoms with van der Waals surface area (Å²) in [5.74, 6) is 1.09. The Hall–Kier alpha value is -4.49. The molecule has 240 valence electrons. The third-order valence-electron chi connectivity index (χ3n) is 8.22. The molecule has 0 N–H and O–H groups in total. The molecule has 1 saturated heterocycles. The van der Waals surface area contributed by atoms with E-state index < -0.39 is 5.60 Å². The maximum Gasteiger partial charge on any atom is 0.306 e. The van der Waals surface area contributed by atoms with Crippen LogP contribution in [-0.2, 0) is 9.53 Å². The minimum absolute atomic E-state index is 0.0837. The lowest BCUT2D eigenvalue weighted by molar-refractivity contribution is -0.155. The van der Waals surface area contributed by atoms with E-state index >= 15 is 0 Å². The van der Waals surface area contributed by atoms with Crippen LogP contribution in [0.1, 0.15) is 81.3 Å². The van der Waals surface area contributed by atoms with E-state index in [2.05, 4.69) is 23.0 Å². The monoisotopic (exact) mass is 642 g/mol. The van der Waals surface area contributed by atoms with Crippen molar-refractivity contribution in [2.45, 2.75) is 72.3 Å². The Morgan fingerprint density at radius 2 is 1.89 bits per heavy atom. The van der Waals surface area contributed by atoms with Gasteiger partial charge in [0.15, 0.2) is 5.78 Å². The SMILES string of the molecule is Cc1cccc(Cl)c1C(=O)CC1(C)CCN(c2cnc(-c3cc(OCCCC(=O)OC(C)(C)C)cn4ncc(C#N)c34)cn2)CC1. The first-order chi connectivity index (χ1) is 21.9. The molecule has 11 heteroatoms. The molecule has 4 heterocycles. The van der Waals surface area contributed by atoms with Crippen LogP contribution >= 0.6 is 11.6 Å². The number of pyridine rings is 1.